The van der Waals surface area contributed by atoms with E-state index in [1.165, 1.54) is 30.3 Å². The molecule has 5 rings (SSSR count). The number of halogens is 1. The molecule has 3 heterocycles. The van der Waals surface area contributed by atoms with Gasteiger partial charge in [0.1, 0.15) is 12.2 Å². The summed E-state index contributed by atoms with van der Waals surface area (Å²) < 4.78 is 34.5. The Morgan fingerprint density at radius 3 is 2.86 bits per heavy atom. The van der Waals surface area contributed by atoms with Crippen molar-refractivity contribution >= 4 is 45.3 Å². The number of H-pyrrole nitrogens is 1. The second-order valence-electron chi connectivity index (χ2n) is 9.26. The molecule has 0 radical (unpaired) electrons. The number of carbonyl (C=O) groups excluding carboxylic acids is 2. The number of aromatic amines is 1. The predicted octanol–water partition coefficient (Wildman–Crippen LogP) is 2.99. The van der Waals surface area contributed by atoms with Crippen LogP contribution in [0.15, 0.2) is 67.2 Å². The van der Waals surface area contributed by atoms with Crippen LogP contribution in [0.5, 0.6) is 0 Å². The Bertz CT molecular complexity index is 1780. The Morgan fingerprint density at radius 1 is 1.21 bits per heavy atom. The van der Waals surface area contributed by atoms with E-state index < -0.39 is 27.9 Å². The van der Waals surface area contributed by atoms with Crippen LogP contribution in [0.25, 0.3) is 23.0 Å². The second kappa shape index (κ2) is 12.4. The molecule has 13 nitrogen and oxygen atoms in total. The predicted molar refractivity (Wildman–Crippen MR) is 155 cm³/mol. The largest absolute Gasteiger partial charge is 0.469 e. The van der Waals surface area contributed by atoms with Crippen molar-refractivity contribution in [3.05, 3.63) is 89.1 Å². The lowest BCUT2D eigenvalue weighted by Gasteiger charge is -2.16. The minimum atomic E-state index is -3.77. The third kappa shape index (κ3) is 6.90. The Labute approximate surface area is 245 Å². The number of tetrazole rings is 1. The summed E-state index contributed by atoms with van der Waals surface area (Å²) in [4.78, 5) is 32.5. The molecule has 2 aromatic heterocycles. The third-order valence-electron chi connectivity index (χ3n) is 6.31. The standard InChI is InChI=1S/C27H25ClN8O5S/c1-41-26(38)13-17-5-8-20-22(12-17)33-42(39,40)11-3-2-4-21(27-29-15-23(20)32-27)31-25(37)10-6-18-14-19(28)7-9-24(18)36-16-30-34-35-36/h2-3,5-10,12,14-16,21,33H,4,11,13H2,1H3,(H,29,32)(H,31,37)/b3-2-,10-6+/t21-/m0/s1. The number of esters is 1. The molecule has 2 aromatic carbocycles. The Balaban J connectivity index is 1.42. The molecule has 42 heavy (non-hydrogen) atoms. The van der Waals surface area contributed by atoms with Gasteiger partial charge in [0.25, 0.3) is 0 Å². The van der Waals surface area contributed by atoms with Crippen molar-refractivity contribution < 1.29 is 22.7 Å². The van der Waals surface area contributed by atoms with E-state index in [1.54, 1.807) is 54.7 Å². The maximum absolute atomic E-state index is 13.0. The van der Waals surface area contributed by atoms with Gasteiger partial charge in [-0.15, -0.1) is 5.10 Å². The van der Waals surface area contributed by atoms with Crippen LogP contribution in [0.1, 0.15) is 29.4 Å². The van der Waals surface area contributed by atoms with Crippen LogP contribution in [-0.2, 0) is 30.8 Å². The topological polar surface area (TPSA) is 174 Å². The first-order chi connectivity index (χ1) is 20.2. The number of nitrogens with one attached hydrogen (secondary N) is 3. The summed E-state index contributed by atoms with van der Waals surface area (Å²) in [5.74, 6) is -0.681. The molecule has 1 aliphatic heterocycles. The van der Waals surface area contributed by atoms with Gasteiger partial charge in [-0.1, -0.05) is 35.9 Å². The summed E-state index contributed by atoms with van der Waals surface area (Å²) in [6, 6.07) is 9.50. The lowest BCUT2D eigenvalue weighted by atomic mass is 10.1. The average Bonchev–Trinajstić information content (AvgIpc) is 3.66. The van der Waals surface area contributed by atoms with E-state index in [4.69, 9.17) is 16.3 Å². The van der Waals surface area contributed by atoms with E-state index in [1.807, 2.05) is 0 Å². The summed E-state index contributed by atoms with van der Waals surface area (Å²) in [7, 11) is -2.48. The molecule has 2 bridgehead atoms. The molecule has 4 aromatic rings. The number of ether oxygens (including phenoxy) is 1. The summed E-state index contributed by atoms with van der Waals surface area (Å²) in [6.45, 7) is 0. The highest BCUT2D eigenvalue weighted by molar-refractivity contribution is 7.92. The van der Waals surface area contributed by atoms with Crippen LogP contribution in [0.3, 0.4) is 0 Å². The number of amides is 1. The van der Waals surface area contributed by atoms with Gasteiger partial charge in [-0.25, -0.2) is 13.4 Å². The SMILES string of the molecule is COC(=O)Cc1ccc2c(c1)NS(=O)(=O)C/C=C\C[C@H](NC(=O)/C=C/c1cc(Cl)ccc1-n1cnnn1)c1ncc-2[nH]1. The molecule has 1 amide bonds. The number of benzene rings is 2. The first-order valence-corrected chi connectivity index (χ1v) is 14.7. The van der Waals surface area contributed by atoms with Crippen LogP contribution in [0.2, 0.25) is 5.02 Å². The molecule has 0 unspecified atom stereocenters. The maximum atomic E-state index is 13.0. The summed E-state index contributed by atoms with van der Waals surface area (Å²) in [5.41, 5.74) is 3.15. The van der Waals surface area contributed by atoms with E-state index in [9.17, 15) is 18.0 Å². The van der Waals surface area contributed by atoms with Gasteiger partial charge in [0.15, 0.2) is 0 Å². The number of aromatic nitrogens is 6. The fraction of sp³-hybridized carbons (Fsp3) is 0.185. The quantitative estimate of drug-likeness (QED) is 0.169. The first kappa shape index (κ1) is 28.7. The summed E-state index contributed by atoms with van der Waals surface area (Å²) in [6.07, 6.45) is 9.37. The highest BCUT2D eigenvalue weighted by Gasteiger charge is 2.21. The molecule has 0 fully saturated rings. The van der Waals surface area contributed by atoms with E-state index >= 15 is 0 Å². The number of carbonyl (C=O) groups is 2. The monoisotopic (exact) mass is 608 g/mol. The molecule has 216 valence electrons. The molecule has 3 N–H and O–H groups in total. The number of methoxy groups -OCH3 is 1. The Morgan fingerprint density at radius 2 is 2.07 bits per heavy atom. The van der Waals surface area contributed by atoms with Crippen LogP contribution >= 0.6 is 11.6 Å². The smallest absolute Gasteiger partial charge is 0.309 e. The molecule has 15 heteroatoms. The van der Waals surface area contributed by atoms with Gasteiger partial charge in [-0.3, -0.25) is 14.3 Å². The highest BCUT2D eigenvalue weighted by Crippen LogP contribution is 2.31. The number of imidazole rings is 1. The van der Waals surface area contributed by atoms with Crippen molar-refractivity contribution in [3.8, 4) is 16.9 Å². The van der Waals surface area contributed by atoms with Crippen molar-refractivity contribution in [1.29, 1.82) is 0 Å². The normalized spacial score (nSPS) is 16.9. The number of fused-ring (bicyclic) bond motifs is 4. The highest BCUT2D eigenvalue weighted by atomic mass is 35.5. The lowest BCUT2D eigenvalue weighted by Crippen LogP contribution is -2.27. The van der Waals surface area contributed by atoms with Gasteiger partial charge in [0.05, 0.1) is 48.6 Å². The second-order valence-corrected chi connectivity index (χ2v) is 11.5. The lowest BCUT2D eigenvalue weighted by molar-refractivity contribution is -0.139. The van der Waals surface area contributed by atoms with E-state index in [-0.39, 0.29) is 24.3 Å². The average molecular weight is 609 g/mol. The van der Waals surface area contributed by atoms with Crippen LogP contribution in [0.4, 0.5) is 5.69 Å². The number of rotatable bonds is 6. The summed E-state index contributed by atoms with van der Waals surface area (Å²) in [5, 5.41) is 14.6. The third-order valence-corrected chi connectivity index (χ3v) is 7.71. The fourth-order valence-corrected chi connectivity index (χ4v) is 5.47. The zero-order valence-corrected chi connectivity index (χ0v) is 23.8. The Hall–Kier alpha value is -4.82. The molecule has 1 atom stereocenters. The zero-order chi connectivity index (χ0) is 29.7. The van der Waals surface area contributed by atoms with Crippen molar-refractivity contribution in [2.45, 2.75) is 18.9 Å². The van der Waals surface area contributed by atoms with Gasteiger partial charge in [0, 0.05) is 22.2 Å². The van der Waals surface area contributed by atoms with Crippen molar-refractivity contribution in [2.24, 2.45) is 0 Å². The van der Waals surface area contributed by atoms with Crippen molar-refractivity contribution in [2.75, 3.05) is 17.6 Å². The number of hydrogen-bond acceptors (Lipinski definition) is 9. The Kier molecular flexibility index (Phi) is 8.45. The molecule has 0 saturated heterocycles. The van der Waals surface area contributed by atoms with Gasteiger partial charge < -0.3 is 15.0 Å². The molecule has 1 aliphatic rings. The van der Waals surface area contributed by atoms with Gasteiger partial charge >= 0.3 is 5.97 Å². The van der Waals surface area contributed by atoms with Crippen molar-refractivity contribution in [1.82, 2.24) is 35.5 Å². The van der Waals surface area contributed by atoms with Gasteiger partial charge in [-0.2, -0.15) is 4.68 Å². The minimum absolute atomic E-state index is 0.0202. The van der Waals surface area contributed by atoms with Crippen LogP contribution in [0, 0.1) is 0 Å². The fourth-order valence-electron chi connectivity index (χ4n) is 4.31. The van der Waals surface area contributed by atoms with E-state index in [0.717, 1.165) is 0 Å². The zero-order valence-electron chi connectivity index (χ0n) is 22.2. The van der Waals surface area contributed by atoms with Gasteiger partial charge in [0.2, 0.25) is 15.9 Å². The molecule has 0 saturated carbocycles. The maximum Gasteiger partial charge on any atom is 0.309 e. The molecular formula is C27H25ClN8O5S. The van der Waals surface area contributed by atoms with Crippen molar-refractivity contribution in [3.63, 3.8) is 0 Å². The number of hydrogen-bond donors (Lipinski definition) is 3. The van der Waals surface area contributed by atoms with E-state index in [0.29, 0.717) is 38.9 Å². The number of anilines is 1. The van der Waals surface area contributed by atoms with E-state index in [2.05, 4.69) is 35.5 Å². The first-order valence-electron chi connectivity index (χ1n) is 12.6. The van der Waals surface area contributed by atoms with Crippen LogP contribution in [-0.4, -0.2) is 63.3 Å². The van der Waals surface area contributed by atoms with Gasteiger partial charge in [-0.05, 0) is 52.8 Å². The number of sulfonamides is 1. The number of nitrogens with zero attached hydrogens (tertiary/aromatic N) is 5. The molecular weight excluding hydrogens is 584 g/mol. The minimum Gasteiger partial charge on any atom is -0.469 e. The molecule has 0 spiro atoms. The molecule has 0 aliphatic carbocycles. The van der Waals surface area contributed by atoms with Crippen LogP contribution < -0.4 is 10.0 Å². The summed E-state index contributed by atoms with van der Waals surface area (Å²) >= 11 is 6.17.